The average molecular weight is 383 g/mol. The van der Waals surface area contributed by atoms with Gasteiger partial charge in [0, 0.05) is 5.70 Å². The number of esters is 1. The number of fused-ring (bicyclic) bond motifs is 1. The third-order valence-corrected chi connectivity index (χ3v) is 5.21. The quantitative estimate of drug-likeness (QED) is 0.484. The highest BCUT2D eigenvalue weighted by molar-refractivity contribution is 6.17. The summed E-state index contributed by atoms with van der Waals surface area (Å²) in [7, 11) is 1.34. The fourth-order valence-corrected chi connectivity index (χ4v) is 3.72. The highest BCUT2D eigenvalue weighted by Crippen LogP contribution is 2.34. The molecular formula is C25H21NO3. The molecule has 0 aliphatic carbocycles. The molecule has 3 aromatic carbocycles. The molecule has 0 fully saturated rings. The average Bonchev–Trinajstić information content (AvgIpc) is 2.98. The van der Waals surface area contributed by atoms with Crippen LogP contribution in [0.4, 0.5) is 0 Å². The van der Waals surface area contributed by atoms with Gasteiger partial charge < -0.3 is 9.64 Å². The first kappa shape index (κ1) is 18.7. The summed E-state index contributed by atoms with van der Waals surface area (Å²) >= 11 is 0. The largest absolute Gasteiger partial charge is 0.465 e. The first-order valence-corrected chi connectivity index (χ1v) is 9.45. The molecule has 0 saturated heterocycles. The van der Waals surface area contributed by atoms with Gasteiger partial charge in [-0.05, 0) is 34.9 Å². The number of ether oxygens (including phenoxy) is 1. The number of allylic oxidation sites excluding steroid dienone is 1. The Kier molecular flexibility index (Phi) is 5.00. The summed E-state index contributed by atoms with van der Waals surface area (Å²) in [4.78, 5) is 27.5. The number of carbonyl (C=O) groups excluding carboxylic acids is 2. The van der Waals surface area contributed by atoms with Gasteiger partial charge in [-0.15, -0.1) is 0 Å². The number of hydrogen-bond acceptors (Lipinski definition) is 3. The fraction of sp³-hybridized carbons (Fsp3) is 0.120. The summed E-state index contributed by atoms with van der Waals surface area (Å²) in [5.41, 5.74) is 3.18. The lowest BCUT2D eigenvalue weighted by Crippen LogP contribution is -2.24. The zero-order chi connectivity index (χ0) is 20.4. The Hall–Kier alpha value is -3.66. The van der Waals surface area contributed by atoms with Gasteiger partial charge in [-0.1, -0.05) is 72.8 Å². The number of rotatable bonds is 4. The van der Waals surface area contributed by atoms with E-state index in [0.717, 1.165) is 21.9 Å². The van der Waals surface area contributed by atoms with Crippen molar-refractivity contribution in [2.75, 3.05) is 7.11 Å². The number of benzene rings is 3. The molecule has 0 unspecified atom stereocenters. The second kappa shape index (κ2) is 7.76. The predicted octanol–water partition coefficient (Wildman–Crippen LogP) is 4.71. The van der Waals surface area contributed by atoms with Gasteiger partial charge in [-0.3, -0.25) is 4.79 Å². The highest BCUT2D eigenvalue weighted by Gasteiger charge is 2.37. The Morgan fingerprint density at radius 2 is 1.66 bits per heavy atom. The van der Waals surface area contributed by atoms with Gasteiger partial charge in [0.25, 0.3) is 5.91 Å². The van der Waals surface area contributed by atoms with E-state index in [0.29, 0.717) is 23.4 Å². The molecule has 0 saturated carbocycles. The van der Waals surface area contributed by atoms with E-state index in [1.54, 1.807) is 17.9 Å². The lowest BCUT2D eigenvalue weighted by atomic mass is 9.99. The van der Waals surface area contributed by atoms with E-state index in [-0.39, 0.29) is 5.91 Å². The van der Waals surface area contributed by atoms with E-state index in [1.165, 1.54) is 7.11 Å². The van der Waals surface area contributed by atoms with Gasteiger partial charge in [0.1, 0.15) is 0 Å². The predicted molar refractivity (Wildman–Crippen MR) is 114 cm³/mol. The summed E-state index contributed by atoms with van der Waals surface area (Å²) in [6, 6.07) is 23.6. The molecule has 1 amide bonds. The van der Waals surface area contributed by atoms with Crippen molar-refractivity contribution in [2.24, 2.45) is 0 Å². The van der Waals surface area contributed by atoms with Gasteiger partial charge >= 0.3 is 5.97 Å². The molecule has 4 nitrogen and oxygen atoms in total. The molecule has 144 valence electrons. The van der Waals surface area contributed by atoms with Crippen LogP contribution in [0, 0.1) is 0 Å². The van der Waals surface area contributed by atoms with E-state index in [9.17, 15) is 9.59 Å². The van der Waals surface area contributed by atoms with Crippen molar-refractivity contribution in [1.82, 2.24) is 4.90 Å². The maximum atomic E-state index is 13.3. The second-order valence-electron chi connectivity index (χ2n) is 6.96. The summed E-state index contributed by atoms with van der Waals surface area (Å²) in [6.07, 6.45) is 1.80. The Bertz CT molecular complexity index is 1150. The molecular weight excluding hydrogens is 362 g/mol. The van der Waals surface area contributed by atoms with Gasteiger partial charge in [0.15, 0.2) is 0 Å². The molecule has 0 bridgehead atoms. The second-order valence-corrected chi connectivity index (χ2v) is 6.96. The highest BCUT2D eigenvalue weighted by atomic mass is 16.5. The first-order chi connectivity index (χ1) is 14.1. The van der Waals surface area contributed by atoms with Gasteiger partial charge in [-0.25, -0.2) is 4.79 Å². The van der Waals surface area contributed by atoms with Crippen molar-refractivity contribution in [3.05, 3.63) is 101 Å². The van der Waals surface area contributed by atoms with E-state index in [2.05, 4.69) is 0 Å². The lowest BCUT2D eigenvalue weighted by Gasteiger charge is -2.17. The topological polar surface area (TPSA) is 46.6 Å². The van der Waals surface area contributed by atoms with Gasteiger partial charge in [0.05, 0.1) is 24.8 Å². The van der Waals surface area contributed by atoms with Crippen LogP contribution in [0.5, 0.6) is 0 Å². The van der Waals surface area contributed by atoms with Crippen LogP contribution in [-0.2, 0) is 20.9 Å². The van der Waals surface area contributed by atoms with E-state index in [4.69, 9.17) is 4.74 Å². The van der Waals surface area contributed by atoms with Crippen LogP contribution in [0.2, 0.25) is 0 Å². The van der Waals surface area contributed by atoms with E-state index in [1.807, 2.05) is 72.8 Å². The summed E-state index contributed by atoms with van der Waals surface area (Å²) in [5, 5.41) is 2.10. The molecule has 1 aliphatic rings. The Morgan fingerprint density at radius 3 is 2.41 bits per heavy atom. The SMILES string of the molecule is COC(=O)C1=C(C)N(Cc2ccccc2)C(=O)C1=Cc1cccc2ccccc12. The fourth-order valence-electron chi connectivity index (χ4n) is 3.72. The third-order valence-electron chi connectivity index (χ3n) is 5.21. The maximum Gasteiger partial charge on any atom is 0.340 e. The van der Waals surface area contributed by atoms with Crippen LogP contribution in [0.15, 0.2) is 89.6 Å². The summed E-state index contributed by atoms with van der Waals surface area (Å²) < 4.78 is 4.99. The van der Waals surface area contributed by atoms with Crippen molar-refractivity contribution in [3.8, 4) is 0 Å². The zero-order valence-corrected chi connectivity index (χ0v) is 16.4. The maximum absolute atomic E-state index is 13.3. The summed E-state index contributed by atoms with van der Waals surface area (Å²) in [6.45, 7) is 2.19. The number of methoxy groups -OCH3 is 1. The van der Waals surface area contributed by atoms with Crippen LogP contribution in [0.1, 0.15) is 18.1 Å². The molecule has 1 aliphatic heterocycles. The van der Waals surface area contributed by atoms with Crippen molar-refractivity contribution < 1.29 is 14.3 Å². The minimum Gasteiger partial charge on any atom is -0.465 e. The Balaban J connectivity index is 1.82. The van der Waals surface area contributed by atoms with Gasteiger partial charge in [0.2, 0.25) is 0 Å². The van der Waals surface area contributed by atoms with Gasteiger partial charge in [-0.2, -0.15) is 0 Å². The molecule has 0 atom stereocenters. The lowest BCUT2D eigenvalue weighted by molar-refractivity contribution is -0.136. The third kappa shape index (κ3) is 3.45. The standard InChI is InChI=1S/C25H21NO3/c1-17-23(25(28)29-2)22(24(27)26(17)16-18-9-4-3-5-10-18)15-20-13-8-12-19-11-6-7-14-21(19)20/h3-15H,16H2,1-2H3. The molecule has 4 rings (SSSR count). The molecule has 29 heavy (non-hydrogen) atoms. The number of nitrogens with zero attached hydrogens (tertiary/aromatic N) is 1. The normalized spacial score (nSPS) is 15.4. The van der Waals surface area contributed by atoms with E-state index < -0.39 is 5.97 Å². The molecule has 0 aromatic heterocycles. The minimum absolute atomic E-state index is 0.195. The number of hydrogen-bond donors (Lipinski definition) is 0. The Morgan fingerprint density at radius 1 is 0.966 bits per heavy atom. The molecule has 0 spiro atoms. The van der Waals surface area contributed by atoms with Crippen LogP contribution < -0.4 is 0 Å². The van der Waals surface area contributed by atoms with Crippen LogP contribution in [-0.4, -0.2) is 23.9 Å². The van der Waals surface area contributed by atoms with Crippen molar-refractivity contribution in [1.29, 1.82) is 0 Å². The number of amides is 1. The first-order valence-electron chi connectivity index (χ1n) is 9.45. The minimum atomic E-state index is -0.502. The Labute approximate surface area is 169 Å². The summed E-state index contributed by atoms with van der Waals surface area (Å²) in [5.74, 6) is -0.697. The van der Waals surface area contributed by atoms with Crippen molar-refractivity contribution in [2.45, 2.75) is 13.5 Å². The van der Waals surface area contributed by atoms with Crippen LogP contribution in [0.25, 0.3) is 16.8 Å². The molecule has 1 heterocycles. The van der Waals surface area contributed by atoms with Crippen LogP contribution in [0.3, 0.4) is 0 Å². The molecule has 0 radical (unpaired) electrons. The number of carbonyl (C=O) groups is 2. The monoisotopic (exact) mass is 383 g/mol. The zero-order valence-electron chi connectivity index (χ0n) is 16.4. The molecule has 3 aromatic rings. The molecule has 0 N–H and O–H groups in total. The molecule has 4 heteroatoms. The van der Waals surface area contributed by atoms with Crippen LogP contribution >= 0.6 is 0 Å². The van der Waals surface area contributed by atoms with Crippen molar-refractivity contribution >= 4 is 28.7 Å². The van der Waals surface area contributed by atoms with Crippen molar-refractivity contribution in [3.63, 3.8) is 0 Å². The smallest absolute Gasteiger partial charge is 0.340 e. The van der Waals surface area contributed by atoms with E-state index >= 15 is 0 Å².